The Kier molecular flexibility index (Phi) is 1.65. The summed E-state index contributed by atoms with van der Waals surface area (Å²) in [6.45, 7) is 0. The fourth-order valence-corrected chi connectivity index (χ4v) is 1.51. The summed E-state index contributed by atoms with van der Waals surface area (Å²) < 4.78 is 1.22. The van der Waals surface area contributed by atoms with E-state index in [1.54, 1.807) is 0 Å². The van der Waals surface area contributed by atoms with E-state index in [1.165, 1.54) is 9.85 Å². The van der Waals surface area contributed by atoms with Crippen molar-refractivity contribution in [1.82, 2.24) is 4.98 Å². The second kappa shape index (κ2) is 2.65. The van der Waals surface area contributed by atoms with Crippen molar-refractivity contribution in [2.75, 3.05) is 0 Å². The van der Waals surface area contributed by atoms with Gasteiger partial charge in [0.25, 0.3) is 0 Å². The molecular weight excluding hydrogens is 201 g/mol. The molecule has 11 heavy (non-hydrogen) atoms. The van der Waals surface area contributed by atoms with Crippen LogP contribution in [-0.4, -0.2) is 21.0 Å². The summed E-state index contributed by atoms with van der Waals surface area (Å²) in [5, 5.41) is 1.20. The Morgan fingerprint density at radius 1 is 1.18 bits per heavy atom. The van der Waals surface area contributed by atoms with Gasteiger partial charge in [-0.15, -0.1) is 0 Å². The van der Waals surface area contributed by atoms with Gasteiger partial charge in [0.2, 0.25) is 0 Å². The molecule has 0 saturated carbocycles. The van der Waals surface area contributed by atoms with Crippen LogP contribution in [0.1, 0.15) is 0 Å². The first-order valence-corrected chi connectivity index (χ1v) is 4.34. The van der Waals surface area contributed by atoms with Crippen molar-refractivity contribution in [2.24, 2.45) is 0 Å². The van der Waals surface area contributed by atoms with Gasteiger partial charge < -0.3 is 0 Å². The molecule has 1 nitrogen and oxygen atoms in total. The molecule has 0 aliphatic carbocycles. The van der Waals surface area contributed by atoms with Crippen LogP contribution in [0.3, 0.4) is 0 Å². The Hall–Kier alpha value is -0.851. The van der Waals surface area contributed by atoms with Crippen molar-refractivity contribution >= 4 is 31.4 Å². The van der Waals surface area contributed by atoms with Crippen LogP contribution in [0.2, 0.25) is 0 Å². The predicted molar refractivity (Wildman–Crippen MR) is 48.5 cm³/mol. The van der Waals surface area contributed by atoms with Crippen LogP contribution in [0.5, 0.6) is 0 Å². The minimum absolute atomic E-state index is 1.06. The fraction of sp³-hybridized carbons (Fsp3) is 0. The van der Waals surface area contributed by atoms with Gasteiger partial charge in [-0.05, 0) is 0 Å². The van der Waals surface area contributed by atoms with Crippen LogP contribution < -0.4 is 4.46 Å². The van der Waals surface area contributed by atoms with Gasteiger partial charge in [0, 0.05) is 0 Å². The number of hydrogen-bond donors (Lipinski definition) is 0. The molecule has 0 saturated heterocycles. The predicted octanol–water partition coefficient (Wildman–Crippen LogP) is 0.761. The fourth-order valence-electron chi connectivity index (χ4n) is 1.06. The molecule has 0 radical (unpaired) electrons. The Balaban J connectivity index is 2.83. The molecular formula is C9H7NSe. The monoisotopic (exact) mass is 209 g/mol. The first-order valence-electron chi connectivity index (χ1n) is 3.40. The van der Waals surface area contributed by atoms with E-state index in [9.17, 15) is 0 Å². The summed E-state index contributed by atoms with van der Waals surface area (Å²) in [6, 6.07) is 10.2. The van der Waals surface area contributed by atoms with Gasteiger partial charge in [-0.1, -0.05) is 0 Å². The van der Waals surface area contributed by atoms with E-state index in [0.717, 1.165) is 5.52 Å². The van der Waals surface area contributed by atoms with E-state index >= 15 is 0 Å². The Labute approximate surface area is 73.3 Å². The standard InChI is InChI=1S/C9H7NSe/c11-8-3-4-9-7(6-8)2-1-5-10-9/h1-6,11H. The number of rotatable bonds is 0. The van der Waals surface area contributed by atoms with Gasteiger partial charge in [0.1, 0.15) is 0 Å². The average molecular weight is 208 g/mol. The third-order valence-electron chi connectivity index (χ3n) is 1.59. The summed E-state index contributed by atoms with van der Waals surface area (Å²) in [5.74, 6) is 0. The molecule has 2 heteroatoms. The van der Waals surface area contributed by atoms with E-state index in [0.29, 0.717) is 0 Å². The summed E-state index contributed by atoms with van der Waals surface area (Å²) in [6.07, 6.45) is 1.81. The molecule has 0 aliphatic rings. The number of fused-ring (bicyclic) bond motifs is 1. The first kappa shape index (κ1) is 6.83. The summed E-state index contributed by atoms with van der Waals surface area (Å²) >= 11 is 2.53. The maximum absolute atomic E-state index is 4.22. The zero-order chi connectivity index (χ0) is 7.68. The Bertz CT molecular complexity index is 384. The molecule has 0 atom stereocenters. The SMILES string of the molecule is [SeH]c1ccc2ncccc2c1. The molecule has 54 valence electrons. The van der Waals surface area contributed by atoms with E-state index in [1.807, 2.05) is 18.3 Å². The number of hydrogen-bond acceptors (Lipinski definition) is 1. The summed E-state index contributed by atoms with van der Waals surface area (Å²) in [5.41, 5.74) is 1.06. The van der Waals surface area contributed by atoms with Crippen LogP contribution in [0.4, 0.5) is 0 Å². The topological polar surface area (TPSA) is 12.9 Å². The van der Waals surface area contributed by atoms with Crippen LogP contribution in [0.25, 0.3) is 10.9 Å². The van der Waals surface area contributed by atoms with Gasteiger partial charge in [-0.2, -0.15) is 0 Å². The normalized spacial score (nSPS) is 10.3. The molecule has 0 fully saturated rings. The first-order chi connectivity index (χ1) is 5.36. The third kappa shape index (κ3) is 1.28. The molecule has 1 aromatic carbocycles. The molecule has 0 aliphatic heterocycles. The zero-order valence-electron chi connectivity index (χ0n) is 5.86. The zero-order valence-corrected chi connectivity index (χ0v) is 7.74. The van der Waals surface area contributed by atoms with Gasteiger partial charge in [0.15, 0.2) is 0 Å². The van der Waals surface area contributed by atoms with Crippen LogP contribution in [-0.2, 0) is 0 Å². The molecule has 2 aromatic rings. The van der Waals surface area contributed by atoms with Crippen LogP contribution >= 0.6 is 0 Å². The van der Waals surface area contributed by atoms with Crippen molar-refractivity contribution in [2.45, 2.75) is 0 Å². The second-order valence-electron chi connectivity index (χ2n) is 2.38. The minimum atomic E-state index is 1.06. The van der Waals surface area contributed by atoms with E-state index in [4.69, 9.17) is 0 Å². The van der Waals surface area contributed by atoms with Crippen LogP contribution in [0, 0.1) is 0 Å². The number of aromatic nitrogens is 1. The quantitative estimate of drug-likeness (QED) is 0.582. The molecule has 0 spiro atoms. The second-order valence-corrected chi connectivity index (χ2v) is 3.46. The van der Waals surface area contributed by atoms with Crippen molar-refractivity contribution in [1.29, 1.82) is 0 Å². The Morgan fingerprint density at radius 2 is 2.09 bits per heavy atom. The Morgan fingerprint density at radius 3 is 3.00 bits per heavy atom. The van der Waals surface area contributed by atoms with Gasteiger partial charge in [-0.3, -0.25) is 0 Å². The molecule has 0 N–H and O–H groups in total. The van der Waals surface area contributed by atoms with Gasteiger partial charge in [0.05, 0.1) is 0 Å². The summed E-state index contributed by atoms with van der Waals surface area (Å²) in [7, 11) is 0. The molecule has 1 aromatic heterocycles. The van der Waals surface area contributed by atoms with Gasteiger partial charge in [-0.25, -0.2) is 0 Å². The molecule has 0 bridgehead atoms. The van der Waals surface area contributed by atoms with E-state index in [-0.39, 0.29) is 0 Å². The number of benzene rings is 1. The number of nitrogens with zero attached hydrogens (tertiary/aromatic N) is 1. The van der Waals surface area contributed by atoms with Crippen molar-refractivity contribution in [3.8, 4) is 0 Å². The van der Waals surface area contributed by atoms with Crippen molar-refractivity contribution in [3.05, 3.63) is 36.5 Å². The summed E-state index contributed by atoms with van der Waals surface area (Å²) in [4.78, 5) is 4.22. The molecule has 1 heterocycles. The van der Waals surface area contributed by atoms with E-state index in [2.05, 4.69) is 39.2 Å². The molecule has 2 rings (SSSR count). The van der Waals surface area contributed by atoms with Crippen LogP contribution in [0.15, 0.2) is 36.5 Å². The van der Waals surface area contributed by atoms with Crippen molar-refractivity contribution < 1.29 is 0 Å². The maximum atomic E-state index is 4.22. The molecule has 0 unspecified atom stereocenters. The van der Waals surface area contributed by atoms with Crippen molar-refractivity contribution in [3.63, 3.8) is 0 Å². The molecule has 0 amide bonds. The third-order valence-corrected chi connectivity index (χ3v) is 2.17. The van der Waals surface area contributed by atoms with Gasteiger partial charge >= 0.3 is 72.9 Å². The van der Waals surface area contributed by atoms with E-state index < -0.39 is 0 Å². The number of pyridine rings is 1. The average Bonchev–Trinajstić information content (AvgIpc) is 2.04.